The molecule has 1 aliphatic rings. The Bertz CT molecular complexity index is 278. The van der Waals surface area contributed by atoms with Gasteiger partial charge >= 0.3 is 0 Å². The average Bonchev–Trinajstić information content (AvgIpc) is 2.49. The van der Waals surface area contributed by atoms with Crippen molar-refractivity contribution < 1.29 is 9.59 Å². The molecule has 84 valence electrons. The number of amides is 2. The lowest BCUT2D eigenvalue weighted by molar-refractivity contribution is -0.136. The minimum Gasteiger partial charge on any atom is -0.368 e. The average molecular weight is 211 g/mol. The van der Waals surface area contributed by atoms with E-state index in [1.54, 1.807) is 4.90 Å². The summed E-state index contributed by atoms with van der Waals surface area (Å²) in [6.07, 6.45) is 1.01. The Balaban J connectivity index is 2.66. The SMILES string of the molecule is C=NCC1CC(=O)N([C@@H](CC)C(N)=O)C1. The first-order chi connectivity index (χ1) is 7.10. The maximum Gasteiger partial charge on any atom is 0.240 e. The molecule has 1 saturated heterocycles. The van der Waals surface area contributed by atoms with Crippen LogP contribution < -0.4 is 5.73 Å². The summed E-state index contributed by atoms with van der Waals surface area (Å²) in [4.78, 5) is 28.1. The van der Waals surface area contributed by atoms with Crippen LogP contribution in [0.2, 0.25) is 0 Å². The number of carbonyl (C=O) groups excluding carboxylic acids is 2. The molecule has 0 aromatic heterocycles. The Morgan fingerprint density at radius 2 is 2.47 bits per heavy atom. The van der Waals surface area contributed by atoms with Crippen molar-refractivity contribution in [2.45, 2.75) is 25.8 Å². The number of rotatable bonds is 5. The molecule has 1 heterocycles. The molecule has 2 amide bonds. The van der Waals surface area contributed by atoms with Gasteiger partial charge in [-0.15, -0.1) is 0 Å². The summed E-state index contributed by atoms with van der Waals surface area (Å²) >= 11 is 0. The minimum absolute atomic E-state index is 0.00528. The van der Waals surface area contributed by atoms with Crippen molar-refractivity contribution in [2.24, 2.45) is 16.6 Å². The Labute approximate surface area is 89.3 Å². The van der Waals surface area contributed by atoms with E-state index in [4.69, 9.17) is 5.73 Å². The molecule has 1 aliphatic heterocycles. The number of primary amides is 1. The summed E-state index contributed by atoms with van der Waals surface area (Å²) in [6, 6.07) is -0.465. The highest BCUT2D eigenvalue weighted by molar-refractivity contribution is 5.87. The molecule has 0 aromatic rings. The lowest BCUT2D eigenvalue weighted by Gasteiger charge is -2.24. The van der Waals surface area contributed by atoms with Crippen LogP contribution in [0.1, 0.15) is 19.8 Å². The van der Waals surface area contributed by atoms with E-state index in [0.717, 1.165) is 0 Å². The second-order valence-electron chi connectivity index (χ2n) is 3.85. The summed E-state index contributed by atoms with van der Waals surface area (Å²) in [5.74, 6) is -0.254. The van der Waals surface area contributed by atoms with E-state index < -0.39 is 11.9 Å². The van der Waals surface area contributed by atoms with Gasteiger partial charge in [-0.3, -0.25) is 9.59 Å². The molecular weight excluding hydrogens is 194 g/mol. The van der Waals surface area contributed by atoms with Crippen LogP contribution in [0.5, 0.6) is 0 Å². The Kier molecular flexibility index (Phi) is 3.82. The zero-order chi connectivity index (χ0) is 11.4. The number of carbonyl (C=O) groups is 2. The molecule has 1 rings (SSSR count). The Hall–Kier alpha value is -1.39. The monoisotopic (exact) mass is 211 g/mol. The van der Waals surface area contributed by atoms with E-state index in [9.17, 15) is 9.59 Å². The van der Waals surface area contributed by atoms with Gasteiger partial charge < -0.3 is 15.6 Å². The van der Waals surface area contributed by atoms with Crippen molar-refractivity contribution in [1.82, 2.24) is 4.90 Å². The molecule has 0 aliphatic carbocycles. The zero-order valence-electron chi connectivity index (χ0n) is 8.98. The number of nitrogens with two attached hydrogens (primary N) is 1. The maximum atomic E-state index is 11.6. The van der Waals surface area contributed by atoms with Gasteiger partial charge in [0.25, 0.3) is 0 Å². The molecule has 5 nitrogen and oxygen atoms in total. The molecule has 2 N–H and O–H groups in total. The number of nitrogens with zero attached hydrogens (tertiary/aromatic N) is 2. The molecule has 1 fully saturated rings. The van der Waals surface area contributed by atoms with Crippen LogP contribution in [0.4, 0.5) is 0 Å². The van der Waals surface area contributed by atoms with Crippen molar-refractivity contribution in [3.05, 3.63) is 0 Å². The maximum absolute atomic E-state index is 11.6. The first-order valence-electron chi connectivity index (χ1n) is 5.11. The van der Waals surface area contributed by atoms with E-state index in [2.05, 4.69) is 11.7 Å². The molecule has 5 heteroatoms. The molecule has 1 unspecified atom stereocenters. The zero-order valence-corrected chi connectivity index (χ0v) is 8.98. The summed E-state index contributed by atoms with van der Waals surface area (Å²) < 4.78 is 0. The number of hydrogen-bond acceptors (Lipinski definition) is 3. The van der Waals surface area contributed by atoms with E-state index in [1.807, 2.05) is 6.92 Å². The first-order valence-corrected chi connectivity index (χ1v) is 5.11. The number of hydrogen-bond donors (Lipinski definition) is 1. The molecule has 0 bridgehead atoms. The van der Waals surface area contributed by atoms with Crippen LogP contribution in [0.15, 0.2) is 4.99 Å². The Morgan fingerprint density at radius 3 is 2.93 bits per heavy atom. The van der Waals surface area contributed by atoms with E-state index >= 15 is 0 Å². The predicted octanol–water partition coefficient (Wildman–Crippen LogP) is -0.201. The van der Waals surface area contributed by atoms with Gasteiger partial charge in [0.05, 0.1) is 0 Å². The lowest BCUT2D eigenvalue weighted by atomic mass is 10.1. The molecule has 0 spiro atoms. The van der Waals surface area contributed by atoms with Crippen molar-refractivity contribution in [1.29, 1.82) is 0 Å². The molecule has 0 saturated carbocycles. The molecule has 2 atom stereocenters. The third-order valence-electron chi connectivity index (χ3n) is 2.72. The van der Waals surface area contributed by atoms with Crippen LogP contribution in [0, 0.1) is 5.92 Å². The van der Waals surface area contributed by atoms with E-state index in [0.29, 0.717) is 25.9 Å². The second kappa shape index (κ2) is 4.91. The van der Waals surface area contributed by atoms with E-state index in [-0.39, 0.29) is 11.8 Å². The summed E-state index contributed by atoms with van der Waals surface area (Å²) in [6.45, 7) is 6.39. The molecular formula is C10H17N3O2. The topological polar surface area (TPSA) is 75.8 Å². The molecule has 0 radical (unpaired) electrons. The third kappa shape index (κ3) is 2.55. The van der Waals surface area contributed by atoms with Crippen LogP contribution in [0.3, 0.4) is 0 Å². The van der Waals surface area contributed by atoms with Gasteiger partial charge in [0.15, 0.2) is 0 Å². The predicted molar refractivity (Wildman–Crippen MR) is 57.5 cm³/mol. The first kappa shape index (κ1) is 11.7. The Morgan fingerprint density at radius 1 is 1.80 bits per heavy atom. The van der Waals surface area contributed by atoms with Crippen molar-refractivity contribution in [3.8, 4) is 0 Å². The van der Waals surface area contributed by atoms with Gasteiger partial charge in [0, 0.05) is 25.4 Å². The van der Waals surface area contributed by atoms with Gasteiger partial charge in [-0.2, -0.15) is 0 Å². The van der Waals surface area contributed by atoms with Gasteiger partial charge in [-0.25, -0.2) is 0 Å². The van der Waals surface area contributed by atoms with Gasteiger partial charge in [0.1, 0.15) is 6.04 Å². The number of aliphatic imine (C=N–C) groups is 1. The highest BCUT2D eigenvalue weighted by Gasteiger charge is 2.35. The fourth-order valence-corrected chi connectivity index (χ4v) is 1.99. The van der Waals surface area contributed by atoms with Crippen LogP contribution in [-0.2, 0) is 9.59 Å². The summed E-state index contributed by atoms with van der Waals surface area (Å²) in [7, 11) is 0. The van der Waals surface area contributed by atoms with E-state index in [1.165, 1.54) is 0 Å². The number of likely N-dealkylation sites (tertiary alicyclic amines) is 1. The van der Waals surface area contributed by atoms with Gasteiger partial charge in [-0.1, -0.05) is 6.92 Å². The van der Waals surface area contributed by atoms with Gasteiger partial charge in [-0.05, 0) is 13.1 Å². The highest BCUT2D eigenvalue weighted by atomic mass is 16.2. The van der Waals surface area contributed by atoms with Crippen LogP contribution in [0.25, 0.3) is 0 Å². The molecule has 0 aromatic carbocycles. The smallest absolute Gasteiger partial charge is 0.240 e. The normalized spacial score (nSPS) is 22.9. The largest absolute Gasteiger partial charge is 0.368 e. The standard InChI is InChI=1S/C10H17N3O2/c1-3-8(10(11)15)13-6-7(5-12-2)4-9(13)14/h7-8H,2-6H2,1H3,(H2,11,15)/t7?,8-/m0/s1. The fourth-order valence-electron chi connectivity index (χ4n) is 1.99. The summed E-state index contributed by atoms with van der Waals surface area (Å²) in [5.41, 5.74) is 5.24. The van der Waals surface area contributed by atoms with Crippen molar-refractivity contribution in [3.63, 3.8) is 0 Å². The minimum atomic E-state index is -0.465. The molecule has 15 heavy (non-hydrogen) atoms. The van der Waals surface area contributed by atoms with Crippen LogP contribution in [-0.4, -0.2) is 42.6 Å². The lowest BCUT2D eigenvalue weighted by Crippen LogP contribution is -2.45. The highest BCUT2D eigenvalue weighted by Crippen LogP contribution is 2.21. The van der Waals surface area contributed by atoms with Crippen molar-refractivity contribution >= 4 is 18.5 Å². The second-order valence-corrected chi connectivity index (χ2v) is 3.85. The fraction of sp³-hybridized carbons (Fsp3) is 0.700. The van der Waals surface area contributed by atoms with Crippen molar-refractivity contribution in [2.75, 3.05) is 13.1 Å². The van der Waals surface area contributed by atoms with Gasteiger partial charge in [0.2, 0.25) is 11.8 Å². The van der Waals surface area contributed by atoms with Crippen LogP contribution >= 0.6 is 0 Å². The third-order valence-corrected chi connectivity index (χ3v) is 2.72. The summed E-state index contributed by atoms with van der Waals surface area (Å²) in [5, 5.41) is 0. The quantitative estimate of drug-likeness (QED) is 0.639.